The molecule has 8 heteroatoms. The fourth-order valence-corrected chi connectivity index (χ4v) is 4.69. The normalized spacial score (nSPS) is 16.7. The quantitative estimate of drug-likeness (QED) is 0.202. The van der Waals surface area contributed by atoms with Crippen LogP contribution in [-0.2, 0) is 9.59 Å². The number of aliphatic hydroxyl groups excluding tert-OH is 1. The number of Topliss-reactive ketones (excluding diaryl/α,β-unsaturated/α-hetero) is 1. The molecule has 0 aliphatic carbocycles. The van der Waals surface area contributed by atoms with E-state index in [4.69, 9.17) is 25.8 Å². The van der Waals surface area contributed by atoms with E-state index in [9.17, 15) is 14.7 Å². The average Bonchev–Trinajstić information content (AvgIpc) is 3.15. The highest BCUT2D eigenvalue weighted by molar-refractivity contribution is 6.51. The molecule has 7 nitrogen and oxygen atoms in total. The molecule has 1 aliphatic heterocycles. The van der Waals surface area contributed by atoms with Crippen molar-refractivity contribution in [2.75, 3.05) is 18.6 Å². The Morgan fingerprint density at radius 1 is 1.03 bits per heavy atom. The molecule has 3 aromatic rings. The van der Waals surface area contributed by atoms with Gasteiger partial charge in [0.1, 0.15) is 11.5 Å². The maximum Gasteiger partial charge on any atom is 0.300 e. The van der Waals surface area contributed by atoms with Gasteiger partial charge in [-0.25, -0.2) is 0 Å². The lowest BCUT2D eigenvalue weighted by Gasteiger charge is -2.26. The summed E-state index contributed by atoms with van der Waals surface area (Å²) in [5, 5.41) is 11.9. The number of rotatable bonds is 8. The van der Waals surface area contributed by atoms with Gasteiger partial charge in [0.25, 0.3) is 11.7 Å². The first kappa shape index (κ1) is 27.1. The van der Waals surface area contributed by atoms with Gasteiger partial charge in [0.15, 0.2) is 11.5 Å². The summed E-state index contributed by atoms with van der Waals surface area (Å²) in [4.78, 5) is 28.3. The second-order valence-electron chi connectivity index (χ2n) is 9.14. The number of aryl methyl sites for hydroxylation is 1. The minimum Gasteiger partial charge on any atom is -0.507 e. The molecule has 1 heterocycles. The molecule has 1 aliphatic rings. The Kier molecular flexibility index (Phi) is 7.97. The van der Waals surface area contributed by atoms with Gasteiger partial charge in [-0.2, -0.15) is 0 Å². The van der Waals surface area contributed by atoms with Gasteiger partial charge in [0, 0.05) is 16.3 Å². The summed E-state index contributed by atoms with van der Waals surface area (Å²) in [6.07, 6.45) is -0.0224. The monoisotopic (exact) mass is 535 g/mol. The summed E-state index contributed by atoms with van der Waals surface area (Å²) in [6.45, 7) is 7.94. The summed E-state index contributed by atoms with van der Waals surface area (Å²) in [7, 11) is 1.53. The first-order valence-electron chi connectivity index (χ1n) is 12.3. The third kappa shape index (κ3) is 5.20. The highest BCUT2D eigenvalue weighted by Gasteiger charge is 2.47. The average molecular weight is 536 g/mol. The number of carbonyl (C=O) groups is 2. The van der Waals surface area contributed by atoms with Gasteiger partial charge in [-0.05, 0) is 87.4 Å². The molecule has 3 aromatic carbocycles. The van der Waals surface area contributed by atoms with Crippen LogP contribution in [-0.4, -0.2) is 36.6 Å². The Morgan fingerprint density at radius 2 is 1.76 bits per heavy atom. The molecule has 0 bridgehead atoms. The number of benzene rings is 3. The van der Waals surface area contributed by atoms with Gasteiger partial charge in [-0.15, -0.1) is 0 Å². The van der Waals surface area contributed by atoms with Gasteiger partial charge >= 0.3 is 0 Å². The molecule has 1 unspecified atom stereocenters. The molecular weight excluding hydrogens is 506 g/mol. The van der Waals surface area contributed by atoms with Gasteiger partial charge in [-0.1, -0.05) is 23.7 Å². The van der Waals surface area contributed by atoms with E-state index in [1.54, 1.807) is 60.7 Å². The topological polar surface area (TPSA) is 85.3 Å². The van der Waals surface area contributed by atoms with E-state index in [0.717, 1.165) is 5.56 Å². The predicted molar refractivity (Wildman–Crippen MR) is 147 cm³/mol. The molecule has 0 spiro atoms. The molecule has 1 saturated heterocycles. The van der Waals surface area contributed by atoms with Crippen molar-refractivity contribution in [3.63, 3.8) is 0 Å². The first-order chi connectivity index (χ1) is 18.2. The molecule has 1 N–H and O–H groups in total. The lowest BCUT2D eigenvalue weighted by atomic mass is 9.94. The number of ketones is 1. The maximum atomic E-state index is 13.5. The van der Waals surface area contributed by atoms with Crippen molar-refractivity contribution in [1.82, 2.24) is 0 Å². The van der Waals surface area contributed by atoms with Crippen LogP contribution in [0.15, 0.2) is 66.2 Å². The van der Waals surface area contributed by atoms with E-state index < -0.39 is 17.7 Å². The molecule has 0 radical (unpaired) electrons. The summed E-state index contributed by atoms with van der Waals surface area (Å²) >= 11 is 6.24. The zero-order valence-electron chi connectivity index (χ0n) is 21.9. The first-order valence-corrected chi connectivity index (χ1v) is 12.7. The number of halogens is 1. The third-order valence-corrected chi connectivity index (χ3v) is 6.38. The van der Waals surface area contributed by atoms with Crippen molar-refractivity contribution in [2.45, 2.75) is 39.8 Å². The molecule has 0 aromatic heterocycles. The number of amides is 1. The van der Waals surface area contributed by atoms with E-state index in [-0.39, 0.29) is 17.4 Å². The van der Waals surface area contributed by atoms with Crippen LogP contribution in [0.4, 0.5) is 5.69 Å². The van der Waals surface area contributed by atoms with Crippen LogP contribution in [0.3, 0.4) is 0 Å². The van der Waals surface area contributed by atoms with Crippen molar-refractivity contribution < 1.29 is 28.9 Å². The van der Waals surface area contributed by atoms with E-state index >= 15 is 0 Å². The van der Waals surface area contributed by atoms with Crippen LogP contribution >= 0.6 is 11.6 Å². The summed E-state index contributed by atoms with van der Waals surface area (Å²) < 4.78 is 17.0. The second kappa shape index (κ2) is 11.2. The zero-order valence-corrected chi connectivity index (χ0v) is 22.7. The highest BCUT2D eigenvalue weighted by Crippen LogP contribution is 2.44. The Bertz CT molecular complexity index is 1410. The molecular formula is C30H30ClNO6. The predicted octanol–water partition coefficient (Wildman–Crippen LogP) is 6.47. The number of hydrogen-bond acceptors (Lipinski definition) is 6. The number of methoxy groups -OCH3 is 1. The maximum absolute atomic E-state index is 13.5. The van der Waals surface area contributed by atoms with Crippen LogP contribution in [0, 0.1) is 6.92 Å². The van der Waals surface area contributed by atoms with Gasteiger partial charge in [0.2, 0.25) is 0 Å². The fourth-order valence-electron chi connectivity index (χ4n) is 4.51. The second-order valence-corrected chi connectivity index (χ2v) is 9.58. The standard InChI is InChI=1S/C30H30ClNO6/c1-6-37-25-15-19(10-13-24(25)36-5)27-26(28(33)20-11-12-23(18(4)14-20)38-17(2)3)29(34)30(35)32(27)22-9-7-8-21(31)16-22/h7-17,27,33H,6H2,1-5H3/b28-26-. The summed E-state index contributed by atoms with van der Waals surface area (Å²) in [5.41, 5.74) is 2.12. The smallest absolute Gasteiger partial charge is 0.300 e. The fraction of sp³-hybridized carbons (Fsp3) is 0.267. The third-order valence-electron chi connectivity index (χ3n) is 6.15. The van der Waals surface area contributed by atoms with E-state index in [2.05, 4.69) is 0 Å². The molecule has 4 rings (SSSR count). The van der Waals surface area contributed by atoms with Crippen molar-refractivity contribution in [1.29, 1.82) is 0 Å². The van der Waals surface area contributed by atoms with Crippen LogP contribution < -0.4 is 19.1 Å². The lowest BCUT2D eigenvalue weighted by Crippen LogP contribution is -2.29. The molecule has 1 fully saturated rings. The minimum atomic E-state index is -0.939. The number of ether oxygens (including phenoxy) is 3. The highest BCUT2D eigenvalue weighted by atomic mass is 35.5. The number of carbonyl (C=O) groups excluding carboxylic acids is 2. The van der Waals surface area contributed by atoms with Crippen molar-refractivity contribution in [3.05, 3.63) is 87.9 Å². The minimum absolute atomic E-state index is 0.0224. The zero-order chi connectivity index (χ0) is 27.6. The van der Waals surface area contributed by atoms with E-state index in [0.29, 0.717) is 45.7 Å². The van der Waals surface area contributed by atoms with Crippen molar-refractivity contribution >= 4 is 34.7 Å². The van der Waals surface area contributed by atoms with Crippen LogP contribution in [0.25, 0.3) is 5.76 Å². The summed E-state index contributed by atoms with van der Waals surface area (Å²) in [6, 6.07) is 16.1. The molecule has 1 atom stereocenters. The number of aliphatic hydroxyl groups is 1. The van der Waals surface area contributed by atoms with Crippen LogP contribution in [0.2, 0.25) is 5.02 Å². The van der Waals surface area contributed by atoms with Gasteiger partial charge < -0.3 is 19.3 Å². The largest absolute Gasteiger partial charge is 0.507 e. The van der Waals surface area contributed by atoms with Crippen molar-refractivity contribution in [2.24, 2.45) is 0 Å². The number of anilines is 1. The molecule has 38 heavy (non-hydrogen) atoms. The molecule has 198 valence electrons. The van der Waals surface area contributed by atoms with Gasteiger partial charge in [-0.3, -0.25) is 14.5 Å². The Morgan fingerprint density at radius 3 is 2.39 bits per heavy atom. The van der Waals surface area contributed by atoms with E-state index in [1.807, 2.05) is 27.7 Å². The Hall–Kier alpha value is -3.97. The number of hydrogen-bond donors (Lipinski definition) is 1. The van der Waals surface area contributed by atoms with Gasteiger partial charge in [0.05, 0.1) is 31.4 Å². The van der Waals surface area contributed by atoms with Crippen LogP contribution in [0.5, 0.6) is 17.2 Å². The molecule has 0 saturated carbocycles. The van der Waals surface area contributed by atoms with Crippen LogP contribution in [0.1, 0.15) is 43.5 Å². The van der Waals surface area contributed by atoms with Crippen molar-refractivity contribution in [3.8, 4) is 17.2 Å². The number of nitrogens with zero attached hydrogens (tertiary/aromatic N) is 1. The Labute approximate surface area is 227 Å². The lowest BCUT2D eigenvalue weighted by molar-refractivity contribution is -0.132. The van der Waals surface area contributed by atoms with E-state index in [1.165, 1.54) is 12.0 Å². The Balaban J connectivity index is 1.93. The SMILES string of the molecule is CCOc1cc(C2/C(=C(/O)c3ccc(OC(C)C)c(C)c3)C(=O)C(=O)N2c2cccc(Cl)c2)ccc1OC. The molecule has 1 amide bonds. The summed E-state index contributed by atoms with van der Waals surface area (Å²) in [5.74, 6) is -0.234.